The Hall–Kier alpha value is -3.99. The third-order valence-corrected chi connectivity index (χ3v) is 4.87. The molecule has 0 saturated carbocycles. The molecule has 0 unspecified atom stereocenters. The van der Waals surface area contributed by atoms with E-state index in [2.05, 4.69) is 15.6 Å². The molecule has 0 fully saturated rings. The quantitative estimate of drug-likeness (QED) is 0.371. The van der Waals surface area contributed by atoms with E-state index >= 15 is 0 Å². The molecule has 10 nitrogen and oxygen atoms in total. The van der Waals surface area contributed by atoms with E-state index in [4.69, 9.17) is 16.3 Å². The summed E-state index contributed by atoms with van der Waals surface area (Å²) in [6.45, 7) is 1.79. The van der Waals surface area contributed by atoms with Crippen LogP contribution in [0, 0.1) is 22.9 Å². The monoisotopic (exact) mass is 475 g/mol. The Balaban J connectivity index is 1.69. The standard InChI is InChI=1S/C21H19ClFN5O5/c1-12-24-19(28(31)32)11-27(12)8-7-20(29)25-14-4-6-18(33-2)17(10-14)26-21(30)15-5-3-13(22)9-16(15)23/h3-6,9-11H,7-8H2,1-2H3,(H,25,29)(H,26,30). The van der Waals surface area contributed by atoms with E-state index in [9.17, 15) is 24.1 Å². The van der Waals surface area contributed by atoms with Gasteiger partial charge in [0.25, 0.3) is 5.91 Å². The minimum atomic E-state index is -0.779. The minimum Gasteiger partial charge on any atom is -0.495 e. The molecule has 172 valence electrons. The summed E-state index contributed by atoms with van der Waals surface area (Å²) < 4.78 is 20.8. The Bertz CT molecular complexity index is 1230. The van der Waals surface area contributed by atoms with Crippen molar-refractivity contribution in [3.63, 3.8) is 0 Å². The highest BCUT2D eigenvalue weighted by atomic mass is 35.5. The molecule has 0 aliphatic rings. The highest BCUT2D eigenvalue weighted by Gasteiger charge is 2.17. The average Bonchev–Trinajstić information content (AvgIpc) is 3.13. The Morgan fingerprint density at radius 1 is 1.24 bits per heavy atom. The molecule has 0 spiro atoms. The highest BCUT2D eigenvalue weighted by molar-refractivity contribution is 6.30. The van der Waals surface area contributed by atoms with Crippen LogP contribution in [-0.4, -0.2) is 33.4 Å². The summed E-state index contributed by atoms with van der Waals surface area (Å²) in [5.74, 6) is -1.44. The molecule has 0 radical (unpaired) electrons. The zero-order valence-corrected chi connectivity index (χ0v) is 18.4. The maximum absolute atomic E-state index is 14.1. The van der Waals surface area contributed by atoms with E-state index in [1.807, 2.05) is 0 Å². The number of anilines is 2. The number of nitro groups is 1. The lowest BCUT2D eigenvalue weighted by molar-refractivity contribution is -0.389. The first kappa shape index (κ1) is 23.7. The van der Waals surface area contributed by atoms with Crippen LogP contribution in [0.25, 0.3) is 0 Å². The number of nitrogens with zero attached hydrogens (tertiary/aromatic N) is 3. The van der Waals surface area contributed by atoms with E-state index in [0.29, 0.717) is 17.3 Å². The molecular weight excluding hydrogens is 457 g/mol. The van der Waals surface area contributed by atoms with Crippen LogP contribution in [0.5, 0.6) is 5.75 Å². The number of rotatable bonds is 8. The predicted octanol–water partition coefficient (Wildman–Crippen LogP) is 4.18. The third-order valence-electron chi connectivity index (χ3n) is 4.64. The van der Waals surface area contributed by atoms with Crippen molar-refractivity contribution >= 4 is 40.6 Å². The molecule has 0 aliphatic heterocycles. The van der Waals surface area contributed by atoms with Gasteiger partial charge in [0.1, 0.15) is 17.8 Å². The summed E-state index contributed by atoms with van der Waals surface area (Å²) in [6, 6.07) is 8.25. The Labute approximate surface area is 192 Å². The number of amides is 2. The number of hydrogen-bond donors (Lipinski definition) is 2. The zero-order valence-electron chi connectivity index (χ0n) is 17.6. The molecule has 0 aliphatic carbocycles. The summed E-state index contributed by atoms with van der Waals surface area (Å²) in [4.78, 5) is 38.9. The number of halogens is 2. The Kier molecular flexibility index (Phi) is 7.23. The highest BCUT2D eigenvalue weighted by Crippen LogP contribution is 2.29. The number of imidazole rings is 1. The molecule has 2 aromatic carbocycles. The fourth-order valence-corrected chi connectivity index (χ4v) is 3.16. The lowest BCUT2D eigenvalue weighted by atomic mass is 10.2. The molecule has 3 rings (SSSR count). The first-order valence-corrected chi connectivity index (χ1v) is 9.98. The second kappa shape index (κ2) is 10.1. The van der Waals surface area contributed by atoms with Gasteiger partial charge in [0.05, 0.1) is 18.4 Å². The number of carbonyl (C=O) groups excluding carboxylic acids is 2. The van der Waals surface area contributed by atoms with Crippen LogP contribution >= 0.6 is 11.6 Å². The van der Waals surface area contributed by atoms with Crippen LogP contribution < -0.4 is 15.4 Å². The zero-order chi connectivity index (χ0) is 24.1. The van der Waals surface area contributed by atoms with Crippen molar-refractivity contribution in [2.45, 2.75) is 19.9 Å². The van der Waals surface area contributed by atoms with Crippen molar-refractivity contribution in [2.24, 2.45) is 0 Å². The maximum Gasteiger partial charge on any atom is 0.381 e. The SMILES string of the molecule is COc1ccc(NC(=O)CCn2cc([N+](=O)[O-])nc2C)cc1NC(=O)c1ccc(Cl)cc1F. The normalized spacial score (nSPS) is 10.5. The van der Waals surface area contributed by atoms with E-state index in [1.165, 1.54) is 42.1 Å². The Morgan fingerprint density at radius 2 is 2.00 bits per heavy atom. The molecular formula is C21H19ClFN5O5. The molecule has 33 heavy (non-hydrogen) atoms. The van der Waals surface area contributed by atoms with Gasteiger partial charge in [-0.1, -0.05) is 11.6 Å². The number of methoxy groups -OCH3 is 1. The molecule has 1 aromatic heterocycles. The van der Waals surface area contributed by atoms with Crippen molar-refractivity contribution in [1.29, 1.82) is 0 Å². The van der Waals surface area contributed by atoms with Gasteiger partial charge in [-0.05, 0) is 46.3 Å². The van der Waals surface area contributed by atoms with Gasteiger partial charge in [-0.15, -0.1) is 0 Å². The smallest absolute Gasteiger partial charge is 0.381 e. The number of hydrogen-bond acceptors (Lipinski definition) is 6. The van der Waals surface area contributed by atoms with Gasteiger partial charge in [-0.2, -0.15) is 0 Å². The number of ether oxygens (including phenoxy) is 1. The van der Waals surface area contributed by atoms with Gasteiger partial charge in [-0.3, -0.25) is 9.59 Å². The lowest BCUT2D eigenvalue weighted by Gasteiger charge is -2.13. The largest absolute Gasteiger partial charge is 0.495 e. The summed E-state index contributed by atoms with van der Waals surface area (Å²) >= 11 is 5.72. The van der Waals surface area contributed by atoms with Gasteiger partial charge in [0, 0.05) is 30.6 Å². The molecule has 2 amide bonds. The second-order valence-electron chi connectivity index (χ2n) is 6.89. The van der Waals surface area contributed by atoms with Gasteiger partial charge >= 0.3 is 5.82 Å². The van der Waals surface area contributed by atoms with Crippen LogP contribution in [0.3, 0.4) is 0 Å². The average molecular weight is 476 g/mol. The van der Waals surface area contributed by atoms with Gasteiger partial charge in [0.2, 0.25) is 11.7 Å². The third kappa shape index (κ3) is 5.83. The molecule has 12 heteroatoms. The van der Waals surface area contributed by atoms with E-state index in [1.54, 1.807) is 13.0 Å². The van der Waals surface area contributed by atoms with E-state index in [0.717, 1.165) is 6.07 Å². The summed E-state index contributed by atoms with van der Waals surface area (Å²) in [7, 11) is 1.40. The topological polar surface area (TPSA) is 128 Å². The number of aryl methyl sites for hydroxylation is 2. The van der Waals surface area contributed by atoms with Crippen LogP contribution in [0.1, 0.15) is 22.6 Å². The number of aromatic nitrogens is 2. The van der Waals surface area contributed by atoms with Crippen LogP contribution in [0.15, 0.2) is 42.6 Å². The molecule has 0 saturated heterocycles. The van der Waals surface area contributed by atoms with Crippen molar-refractivity contribution in [2.75, 3.05) is 17.7 Å². The molecule has 3 aromatic rings. The number of benzene rings is 2. The van der Waals surface area contributed by atoms with Gasteiger partial charge in [-0.25, -0.2) is 4.39 Å². The molecule has 1 heterocycles. The molecule has 2 N–H and O–H groups in total. The van der Waals surface area contributed by atoms with Crippen molar-refractivity contribution in [1.82, 2.24) is 9.55 Å². The first-order valence-electron chi connectivity index (χ1n) is 9.60. The summed E-state index contributed by atoms with van der Waals surface area (Å²) in [6.07, 6.45) is 1.29. The summed E-state index contributed by atoms with van der Waals surface area (Å²) in [5.41, 5.74) is 0.373. The van der Waals surface area contributed by atoms with Crippen LogP contribution in [0.4, 0.5) is 21.6 Å². The summed E-state index contributed by atoms with van der Waals surface area (Å²) in [5, 5.41) is 16.2. The lowest BCUT2D eigenvalue weighted by Crippen LogP contribution is -2.16. The Morgan fingerprint density at radius 3 is 2.64 bits per heavy atom. The van der Waals surface area contributed by atoms with Crippen molar-refractivity contribution in [3.05, 3.63) is 74.9 Å². The molecule has 0 atom stereocenters. The van der Waals surface area contributed by atoms with Crippen LogP contribution in [-0.2, 0) is 11.3 Å². The number of nitrogens with one attached hydrogen (secondary N) is 2. The second-order valence-corrected chi connectivity index (χ2v) is 7.32. The van der Waals surface area contributed by atoms with E-state index in [-0.39, 0.29) is 41.0 Å². The maximum atomic E-state index is 14.1. The van der Waals surface area contributed by atoms with E-state index < -0.39 is 16.6 Å². The first-order chi connectivity index (χ1) is 15.7. The fraction of sp³-hybridized carbons (Fsp3) is 0.190. The molecule has 0 bridgehead atoms. The van der Waals surface area contributed by atoms with Crippen molar-refractivity contribution in [3.8, 4) is 5.75 Å². The fourth-order valence-electron chi connectivity index (χ4n) is 3.00. The van der Waals surface area contributed by atoms with Crippen LogP contribution in [0.2, 0.25) is 5.02 Å². The number of carbonyl (C=O) groups is 2. The van der Waals surface area contributed by atoms with Gasteiger partial charge < -0.3 is 30.1 Å². The van der Waals surface area contributed by atoms with Crippen molar-refractivity contribution < 1.29 is 23.6 Å². The van der Waals surface area contributed by atoms with Gasteiger partial charge in [0.15, 0.2) is 0 Å². The minimum absolute atomic E-state index is 0.0259. The predicted molar refractivity (Wildman–Crippen MR) is 119 cm³/mol.